The molecule has 0 aliphatic carbocycles. The molecular formula is C34H32IrNO3-. The number of hydrogen-bond acceptors (Lipinski definition) is 4. The van der Waals surface area contributed by atoms with Gasteiger partial charge in [0.25, 0.3) is 0 Å². The standard InChI is InChI=1S/C29H24NO.C5H8O2.Ir/c1-18-12-19(2)14-24(13-18)26-15-25-16-27(31-28(25)17-30-26)22-8-10-23(11-9-22)29-20(3)6-5-7-21(29)4;1-4(6)3-5(2)7;/h5-13,15-17H,1-4H3;3,6H,1-2H3;/q-1;;/b;4-3-;. The van der Waals surface area contributed by atoms with Gasteiger partial charge in [0.05, 0.1) is 12.0 Å². The number of benzene rings is 3. The molecule has 1 N–H and O–H groups in total. The van der Waals surface area contributed by atoms with Crippen molar-refractivity contribution in [3.8, 4) is 33.7 Å². The zero-order valence-corrected chi connectivity index (χ0v) is 25.4. The fourth-order valence-electron chi connectivity index (χ4n) is 4.63. The van der Waals surface area contributed by atoms with Gasteiger partial charge in [-0.05, 0) is 61.7 Å². The fraction of sp³-hybridized carbons (Fsp3) is 0.176. The number of aryl methyl sites for hydroxylation is 4. The number of pyridine rings is 1. The second-order valence-corrected chi connectivity index (χ2v) is 9.71. The van der Waals surface area contributed by atoms with E-state index in [0.717, 1.165) is 39.1 Å². The molecule has 39 heavy (non-hydrogen) atoms. The van der Waals surface area contributed by atoms with Gasteiger partial charge >= 0.3 is 0 Å². The predicted molar refractivity (Wildman–Crippen MR) is 155 cm³/mol. The summed E-state index contributed by atoms with van der Waals surface area (Å²) in [5.41, 5.74) is 11.2. The van der Waals surface area contributed by atoms with Crippen LogP contribution in [0.2, 0.25) is 0 Å². The molecule has 5 rings (SSSR count). The first-order valence-electron chi connectivity index (χ1n) is 12.6. The van der Waals surface area contributed by atoms with Crippen molar-refractivity contribution in [3.63, 3.8) is 0 Å². The van der Waals surface area contributed by atoms with E-state index in [-0.39, 0.29) is 31.6 Å². The normalized spacial score (nSPS) is 11.0. The summed E-state index contributed by atoms with van der Waals surface area (Å²) in [4.78, 5) is 14.6. The minimum Gasteiger partial charge on any atom is -0.512 e. The number of furan rings is 1. The molecule has 3 aromatic carbocycles. The Labute approximate surface area is 243 Å². The van der Waals surface area contributed by atoms with Crippen LogP contribution in [0, 0.1) is 33.8 Å². The number of carbonyl (C=O) groups excluding carboxylic acids is 1. The molecule has 0 aliphatic rings. The summed E-state index contributed by atoms with van der Waals surface area (Å²) in [5.74, 6) is 0.791. The summed E-state index contributed by atoms with van der Waals surface area (Å²) in [6, 6.07) is 26.9. The number of nitrogens with zero attached hydrogens (tertiary/aromatic N) is 1. The molecule has 0 amide bonds. The van der Waals surface area contributed by atoms with Gasteiger partial charge in [-0.2, -0.15) is 0 Å². The Hall–Kier alpha value is -3.79. The molecule has 0 bridgehead atoms. The molecule has 2 heterocycles. The van der Waals surface area contributed by atoms with Gasteiger partial charge in [-0.25, -0.2) is 0 Å². The van der Waals surface area contributed by atoms with Crippen molar-refractivity contribution in [2.24, 2.45) is 0 Å². The predicted octanol–water partition coefficient (Wildman–Crippen LogP) is 8.90. The average Bonchev–Trinajstić information content (AvgIpc) is 3.27. The topological polar surface area (TPSA) is 63.3 Å². The van der Waals surface area contributed by atoms with Gasteiger partial charge in [0.2, 0.25) is 0 Å². The number of aliphatic hydroxyl groups is 1. The van der Waals surface area contributed by atoms with Crippen molar-refractivity contribution < 1.29 is 34.4 Å². The Kier molecular flexibility index (Phi) is 9.80. The Morgan fingerprint density at radius 3 is 2.10 bits per heavy atom. The first-order chi connectivity index (χ1) is 18.1. The zero-order chi connectivity index (χ0) is 27.4. The first-order valence-corrected chi connectivity index (χ1v) is 12.6. The molecule has 0 saturated carbocycles. The van der Waals surface area contributed by atoms with Crippen molar-refractivity contribution in [1.82, 2.24) is 4.98 Å². The van der Waals surface area contributed by atoms with E-state index in [1.54, 1.807) is 0 Å². The summed E-state index contributed by atoms with van der Waals surface area (Å²) in [6.45, 7) is 11.3. The molecule has 5 heteroatoms. The molecule has 0 saturated heterocycles. The van der Waals surface area contributed by atoms with Crippen LogP contribution in [-0.2, 0) is 24.9 Å². The van der Waals surface area contributed by atoms with E-state index in [0.29, 0.717) is 0 Å². The van der Waals surface area contributed by atoms with E-state index in [1.807, 2.05) is 6.20 Å². The third-order valence-electron chi connectivity index (χ3n) is 6.18. The van der Waals surface area contributed by atoms with Gasteiger partial charge < -0.3 is 14.5 Å². The van der Waals surface area contributed by atoms with Crippen LogP contribution in [0.5, 0.6) is 0 Å². The van der Waals surface area contributed by atoms with Crippen LogP contribution in [0.25, 0.3) is 44.7 Å². The van der Waals surface area contributed by atoms with Crippen LogP contribution < -0.4 is 0 Å². The summed E-state index contributed by atoms with van der Waals surface area (Å²) in [5, 5.41) is 9.41. The molecule has 0 spiro atoms. The smallest absolute Gasteiger partial charge is 0.155 e. The van der Waals surface area contributed by atoms with Crippen LogP contribution in [-0.4, -0.2) is 15.9 Å². The fourth-order valence-corrected chi connectivity index (χ4v) is 4.63. The molecule has 0 unspecified atom stereocenters. The molecule has 2 aromatic heterocycles. The van der Waals surface area contributed by atoms with Gasteiger partial charge in [-0.15, -0.1) is 34.9 Å². The first kappa shape index (κ1) is 29.8. The number of ketones is 1. The Bertz CT molecular complexity index is 1600. The molecule has 0 aliphatic heterocycles. The van der Waals surface area contributed by atoms with Crippen molar-refractivity contribution in [3.05, 3.63) is 113 Å². The summed E-state index contributed by atoms with van der Waals surface area (Å²) in [7, 11) is 0. The van der Waals surface area contributed by atoms with E-state index in [2.05, 4.69) is 105 Å². The number of carbonyl (C=O) groups is 1. The van der Waals surface area contributed by atoms with E-state index in [9.17, 15) is 4.79 Å². The molecule has 5 aromatic rings. The van der Waals surface area contributed by atoms with Crippen LogP contribution in [0.4, 0.5) is 0 Å². The van der Waals surface area contributed by atoms with Gasteiger partial charge in [0.15, 0.2) is 11.4 Å². The van der Waals surface area contributed by atoms with Gasteiger partial charge in [-0.1, -0.05) is 62.4 Å². The summed E-state index contributed by atoms with van der Waals surface area (Å²) >= 11 is 0. The third-order valence-corrected chi connectivity index (χ3v) is 6.18. The minimum atomic E-state index is -0.125. The molecular weight excluding hydrogens is 663 g/mol. The van der Waals surface area contributed by atoms with Crippen molar-refractivity contribution in [1.29, 1.82) is 0 Å². The van der Waals surface area contributed by atoms with Crippen LogP contribution >= 0.6 is 0 Å². The maximum Gasteiger partial charge on any atom is 0.155 e. The quantitative estimate of drug-likeness (QED) is 0.116. The van der Waals surface area contributed by atoms with E-state index >= 15 is 0 Å². The monoisotopic (exact) mass is 695 g/mol. The van der Waals surface area contributed by atoms with Crippen molar-refractivity contribution in [2.75, 3.05) is 0 Å². The molecule has 1 radical (unpaired) electrons. The number of allylic oxidation sites excluding steroid dienone is 2. The molecule has 4 nitrogen and oxygen atoms in total. The molecule has 0 fully saturated rings. The van der Waals surface area contributed by atoms with Crippen LogP contribution in [0.1, 0.15) is 36.1 Å². The number of rotatable bonds is 4. The van der Waals surface area contributed by atoms with Gasteiger partial charge in [0, 0.05) is 37.1 Å². The zero-order valence-electron chi connectivity index (χ0n) is 23.0. The maximum absolute atomic E-state index is 10.0. The van der Waals surface area contributed by atoms with E-state index in [1.165, 1.54) is 47.7 Å². The van der Waals surface area contributed by atoms with E-state index < -0.39 is 0 Å². The third kappa shape index (κ3) is 7.41. The van der Waals surface area contributed by atoms with Gasteiger partial charge in [-0.3, -0.25) is 4.79 Å². The average molecular weight is 695 g/mol. The maximum atomic E-state index is 10.0. The second-order valence-electron chi connectivity index (χ2n) is 9.71. The number of aliphatic hydroxyl groups excluding tert-OH is 1. The molecule has 0 atom stereocenters. The van der Waals surface area contributed by atoms with Crippen LogP contribution in [0.15, 0.2) is 89.2 Å². The Morgan fingerprint density at radius 2 is 1.54 bits per heavy atom. The minimum absolute atomic E-state index is 0. The molecule has 201 valence electrons. The number of aromatic nitrogens is 1. The van der Waals surface area contributed by atoms with Gasteiger partial charge in [0.1, 0.15) is 5.76 Å². The van der Waals surface area contributed by atoms with Crippen molar-refractivity contribution >= 4 is 16.8 Å². The van der Waals surface area contributed by atoms with E-state index in [4.69, 9.17) is 9.52 Å². The second kappa shape index (κ2) is 12.8. The Morgan fingerprint density at radius 1 is 0.897 bits per heavy atom. The van der Waals surface area contributed by atoms with Crippen LogP contribution in [0.3, 0.4) is 0 Å². The SMILES string of the molecule is CC(=O)/C=C(/C)O.Cc1[c-]c(-c2cc3cc(-c4ccc(-c5c(C)cccc5C)cc4)oc3cn2)cc(C)c1.[Ir]. The summed E-state index contributed by atoms with van der Waals surface area (Å²) in [6.07, 6.45) is 2.98. The number of fused-ring (bicyclic) bond motifs is 1. The Balaban J connectivity index is 0.000000468. The number of hydrogen-bond donors (Lipinski definition) is 1. The summed E-state index contributed by atoms with van der Waals surface area (Å²) < 4.78 is 6.11. The largest absolute Gasteiger partial charge is 0.512 e. The van der Waals surface area contributed by atoms with Crippen molar-refractivity contribution in [2.45, 2.75) is 41.5 Å².